The number of methoxy groups -OCH3 is 1. The molecule has 0 aliphatic heterocycles. The molecule has 1 heterocycles. The number of benzene rings is 3. The minimum Gasteiger partial charge on any atom is -0.493 e. The molecule has 0 aliphatic rings. The van der Waals surface area contributed by atoms with Crippen molar-refractivity contribution in [3.8, 4) is 11.5 Å². The van der Waals surface area contributed by atoms with E-state index in [-0.39, 0.29) is 12.5 Å². The van der Waals surface area contributed by atoms with Crippen molar-refractivity contribution < 1.29 is 14.3 Å². The number of fused-ring (bicyclic) bond motifs is 1. The van der Waals surface area contributed by atoms with Crippen LogP contribution >= 0.6 is 34.5 Å². The normalized spacial score (nSPS) is 11.4. The van der Waals surface area contributed by atoms with Crippen LogP contribution in [-0.2, 0) is 4.79 Å². The highest BCUT2D eigenvalue weighted by molar-refractivity contribution is 7.20. The molecular formula is C24H18Cl2N2O3S. The number of carbonyl (C=O) groups excluding carboxylic acids is 1. The maximum atomic E-state index is 12.2. The summed E-state index contributed by atoms with van der Waals surface area (Å²) in [7, 11) is 1.54. The fourth-order valence-electron chi connectivity index (χ4n) is 2.97. The molecule has 4 aromatic rings. The lowest BCUT2D eigenvalue weighted by molar-refractivity contribution is -0.118. The maximum Gasteiger partial charge on any atom is 0.262 e. The van der Waals surface area contributed by atoms with E-state index in [4.69, 9.17) is 32.7 Å². The number of aromatic nitrogens is 1. The number of rotatable bonds is 7. The van der Waals surface area contributed by atoms with Crippen LogP contribution in [0.2, 0.25) is 5.02 Å². The highest BCUT2D eigenvalue weighted by Gasteiger charge is 2.11. The van der Waals surface area contributed by atoms with Gasteiger partial charge < -0.3 is 14.8 Å². The van der Waals surface area contributed by atoms with Crippen LogP contribution in [0.4, 0.5) is 5.69 Å². The van der Waals surface area contributed by atoms with Crippen LogP contribution in [-0.4, -0.2) is 24.6 Å². The minimum atomic E-state index is -0.331. The van der Waals surface area contributed by atoms with Gasteiger partial charge in [0.25, 0.3) is 5.91 Å². The molecule has 0 radical (unpaired) electrons. The largest absolute Gasteiger partial charge is 0.493 e. The molecular weight excluding hydrogens is 467 g/mol. The van der Waals surface area contributed by atoms with Crippen molar-refractivity contribution in [1.82, 2.24) is 4.98 Å². The Balaban J connectivity index is 1.45. The predicted octanol–water partition coefficient (Wildman–Crippen LogP) is 6.71. The zero-order valence-corrected chi connectivity index (χ0v) is 19.3. The molecule has 1 N–H and O–H groups in total. The van der Waals surface area contributed by atoms with E-state index in [2.05, 4.69) is 10.3 Å². The number of halogens is 2. The summed E-state index contributed by atoms with van der Waals surface area (Å²) in [6.45, 7) is -0.191. The molecule has 1 amide bonds. The fourth-order valence-corrected chi connectivity index (χ4v) is 4.31. The van der Waals surface area contributed by atoms with Gasteiger partial charge in [-0.3, -0.25) is 4.79 Å². The Hall–Kier alpha value is -3.06. The Labute approximate surface area is 199 Å². The summed E-state index contributed by atoms with van der Waals surface area (Å²) in [6, 6.07) is 20.2. The molecule has 0 aliphatic carbocycles. The van der Waals surface area contributed by atoms with Gasteiger partial charge in [-0.05, 0) is 48.0 Å². The summed E-state index contributed by atoms with van der Waals surface area (Å²) in [5.74, 6) is 0.594. The number of ether oxygens (including phenoxy) is 2. The fraction of sp³-hybridized carbons (Fsp3) is 0.0833. The first kappa shape index (κ1) is 22.1. The van der Waals surface area contributed by atoms with E-state index >= 15 is 0 Å². The molecule has 162 valence electrons. The molecule has 0 unspecified atom stereocenters. The van der Waals surface area contributed by atoms with Crippen LogP contribution < -0.4 is 14.8 Å². The monoisotopic (exact) mass is 484 g/mol. The first-order chi connectivity index (χ1) is 15.5. The highest BCUT2D eigenvalue weighted by atomic mass is 35.5. The van der Waals surface area contributed by atoms with Crippen LogP contribution in [0.1, 0.15) is 10.6 Å². The maximum absolute atomic E-state index is 12.2. The highest BCUT2D eigenvalue weighted by Crippen LogP contribution is 2.33. The molecule has 32 heavy (non-hydrogen) atoms. The van der Waals surface area contributed by atoms with Gasteiger partial charge in [0.05, 0.1) is 33.1 Å². The summed E-state index contributed by atoms with van der Waals surface area (Å²) >= 11 is 14.1. The molecule has 0 spiro atoms. The Kier molecular flexibility index (Phi) is 6.95. The number of amides is 1. The number of para-hydroxylation sites is 2. The van der Waals surface area contributed by atoms with Gasteiger partial charge in [-0.2, -0.15) is 0 Å². The van der Waals surface area contributed by atoms with E-state index in [0.29, 0.717) is 27.2 Å². The lowest BCUT2D eigenvalue weighted by atomic mass is 10.2. The second-order valence-electron chi connectivity index (χ2n) is 6.71. The van der Waals surface area contributed by atoms with Crippen molar-refractivity contribution in [2.75, 3.05) is 19.0 Å². The number of hydrogen-bond acceptors (Lipinski definition) is 5. The van der Waals surface area contributed by atoms with E-state index in [0.717, 1.165) is 20.8 Å². The summed E-state index contributed by atoms with van der Waals surface area (Å²) < 4.78 is 12.1. The number of nitrogens with zero attached hydrogens (tertiary/aromatic N) is 1. The van der Waals surface area contributed by atoms with E-state index in [1.54, 1.807) is 36.4 Å². The third kappa shape index (κ3) is 5.22. The topological polar surface area (TPSA) is 60.5 Å². The number of anilines is 1. The second-order valence-corrected chi connectivity index (χ2v) is 8.55. The van der Waals surface area contributed by atoms with E-state index < -0.39 is 0 Å². The summed E-state index contributed by atoms with van der Waals surface area (Å²) in [6.07, 6.45) is 1.82. The first-order valence-electron chi connectivity index (χ1n) is 9.62. The standard InChI is InChI=1S/C24H18Cl2N2O3S/c1-30-21-13-15(12-17(26)24-28-19-8-4-5-9-22(19)32-24)10-11-20(21)31-14-23(29)27-18-7-3-2-6-16(18)25/h2-13H,14H2,1H3,(H,27,29)/b17-12-. The SMILES string of the molecule is COc1cc(/C=C(\Cl)c2nc3ccccc3s2)ccc1OCC(=O)Nc1ccccc1Cl. The molecule has 5 nitrogen and oxygen atoms in total. The van der Waals surface area contributed by atoms with Gasteiger partial charge in [0, 0.05) is 0 Å². The zero-order valence-electron chi connectivity index (χ0n) is 17.0. The molecule has 0 saturated carbocycles. The molecule has 3 aromatic carbocycles. The Morgan fingerprint density at radius 2 is 1.88 bits per heavy atom. The van der Waals surface area contributed by atoms with Gasteiger partial charge in [0.15, 0.2) is 18.1 Å². The van der Waals surface area contributed by atoms with Gasteiger partial charge in [-0.15, -0.1) is 11.3 Å². The van der Waals surface area contributed by atoms with Crippen LogP contribution in [0.5, 0.6) is 11.5 Å². The lowest BCUT2D eigenvalue weighted by Gasteiger charge is -2.12. The van der Waals surface area contributed by atoms with Crippen LogP contribution in [0.25, 0.3) is 21.3 Å². The van der Waals surface area contributed by atoms with Gasteiger partial charge in [0.1, 0.15) is 5.01 Å². The van der Waals surface area contributed by atoms with Crippen LogP contribution in [0, 0.1) is 0 Å². The number of nitrogens with one attached hydrogen (secondary N) is 1. The van der Waals surface area contributed by atoms with E-state index in [1.807, 2.05) is 36.4 Å². The number of carbonyl (C=O) groups is 1. The average Bonchev–Trinajstić information content (AvgIpc) is 3.24. The Morgan fingerprint density at radius 3 is 2.66 bits per heavy atom. The Morgan fingerprint density at radius 1 is 1.09 bits per heavy atom. The van der Waals surface area contributed by atoms with E-state index in [9.17, 15) is 4.79 Å². The summed E-state index contributed by atoms with van der Waals surface area (Å²) in [5, 5.41) is 4.44. The number of thiazole rings is 1. The van der Waals surface area contributed by atoms with Crippen LogP contribution in [0.3, 0.4) is 0 Å². The molecule has 0 bridgehead atoms. The third-order valence-corrected chi connectivity index (χ3v) is 6.29. The van der Waals surface area contributed by atoms with Crippen molar-refractivity contribution in [3.05, 3.63) is 82.3 Å². The van der Waals surface area contributed by atoms with Crippen molar-refractivity contribution in [3.63, 3.8) is 0 Å². The molecule has 1 aromatic heterocycles. The van der Waals surface area contributed by atoms with Crippen molar-refractivity contribution >= 4 is 67.5 Å². The second kappa shape index (κ2) is 10.0. The molecule has 0 atom stereocenters. The van der Waals surface area contributed by atoms with Crippen molar-refractivity contribution in [1.29, 1.82) is 0 Å². The zero-order chi connectivity index (χ0) is 22.5. The van der Waals surface area contributed by atoms with E-state index in [1.165, 1.54) is 18.4 Å². The average molecular weight is 485 g/mol. The smallest absolute Gasteiger partial charge is 0.262 e. The van der Waals surface area contributed by atoms with Gasteiger partial charge in [-0.1, -0.05) is 53.5 Å². The third-order valence-electron chi connectivity index (χ3n) is 4.49. The van der Waals surface area contributed by atoms with Gasteiger partial charge in [0.2, 0.25) is 0 Å². The molecule has 8 heteroatoms. The minimum absolute atomic E-state index is 0.191. The predicted molar refractivity (Wildman–Crippen MR) is 132 cm³/mol. The Bertz CT molecular complexity index is 1270. The van der Waals surface area contributed by atoms with Crippen LogP contribution in [0.15, 0.2) is 66.7 Å². The molecule has 4 rings (SSSR count). The molecule has 0 saturated heterocycles. The first-order valence-corrected chi connectivity index (χ1v) is 11.2. The van der Waals surface area contributed by atoms with Gasteiger partial charge in [-0.25, -0.2) is 4.98 Å². The lowest BCUT2D eigenvalue weighted by Crippen LogP contribution is -2.20. The number of hydrogen-bond donors (Lipinski definition) is 1. The van der Waals surface area contributed by atoms with Gasteiger partial charge >= 0.3 is 0 Å². The van der Waals surface area contributed by atoms with Crippen molar-refractivity contribution in [2.24, 2.45) is 0 Å². The summed E-state index contributed by atoms with van der Waals surface area (Å²) in [5.41, 5.74) is 2.26. The summed E-state index contributed by atoms with van der Waals surface area (Å²) in [4.78, 5) is 16.8. The quantitative estimate of drug-likeness (QED) is 0.316. The van der Waals surface area contributed by atoms with Crippen molar-refractivity contribution in [2.45, 2.75) is 0 Å². The molecule has 0 fully saturated rings.